The molecule has 1 aromatic carbocycles. The maximum Gasteiger partial charge on any atom is 0.325 e. The van der Waals surface area contributed by atoms with Crippen LogP contribution in [0.3, 0.4) is 0 Å². The van der Waals surface area contributed by atoms with Crippen LogP contribution >= 0.6 is 0 Å². The lowest BCUT2D eigenvalue weighted by molar-refractivity contribution is -0.141. The molecule has 0 atom stereocenters. The van der Waals surface area contributed by atoms with Crippen LogP contribution in [0.5, 0.6) is 0 Å². The number of halogens is 1. The molecule has 0 unspecified atom stereocenters. The number of carbonyl (C=O) groups excluding carboxylic acids is 1. The van der Waals surface area contributed by atoms with E-state index >= 15 is 0 Å². The Bertz CT molecular complexity index is 1430. The van der Waals surface area contributed by atoms with Crippen molar-refractivity contribution in [3.05, 3.63) is 71.7 Å². The van der Waals surface area contributed by atoms with Crippen LogP contribution in [0.1, 0.15) is 17.0 Å². The van der Waals surface area contributed by atoms with E-state index in [0.29, 0.717) is 27.9 Å². The van der Waals surface area contributed by atoms with E-state index in [4.69, 9.17) is 4.74 Å². The van der Waals surface area contributed by atoms with Crippen LogP contribution in [-0.4, -0.2) is 40.6 Å². The largest absolute Gasteiger partial charge is 0.468 e. The zero-order valence-corrected chi connectivity index (χ0v) is 18.6. The van der Waals surface area contributed by atoms with E-state index < -0.39 is 21.6 Å². The highest BCUT2D eigenvalue weighted by Gasteiger charge is 2.28. The summed E-state index contributed by atoms with van der Waals surface area (Å²) >= 11 is 0. The van der Waals surface area contributed by atoms with E-state index in [0.717, 1.165) is 0 Å². The molecular formula is C22H21FN4O4S. The molecule has 0 radical (unpaired) electrons. The second kappa shape index (κ2) is 8.19. The first-order chi connectivity index (χ1) is 15.2. The van der Waals surface area contributed by atoms with Gasteiger partial charge in [-0.3, -0.25) is 4.79 Å². The molecule has 4 aromatic rings. The van der Waals surface area contributed by atoms with Crippen LogP contribution < -0.4 is 0 Å². The lowest BCUT2D eigenvalue weighted by atomic mass is 10.1. The van der Waals surface area contributed by atoms with Gasteiger partial charge in [-0.15, -0.1) is 0 Å². The summed E-state index contributed by atoms with van der Waals surface area (Å²) in [6.45, 7) is 1.76. The summed E-state index contributed by atoms with van der Waals surface area (Å²) in [5.74, 6) is -0.875. The first kappa shape index (κ1) is 21.7. The molecule has 0 saturated carbocycles. The summed E-state index contributed by atoms with van der Waals surface area (Å²) < 4.78 is 48.6. The Morgan fingerprint density at radius 2 is 1.97 bits per heavy atom. The molecule has 10 heteroatoms. The van der Waals surface area contributed by atoms with Gasteiger partial charge in [0.05, 0.1) is 19.1 Å². The maximum atomic E-state index is 14.1. The number of benzene rings is 1. The summed E-state index contributed by atoms with van der Waals surface area (Å²) in [7, 11) is -0.960. The average Bonchev–Trinajstić information content (AvgIpc) is 3.27. The van der Waals surface area contributed by atoms with Crippen molar-refractivity contribution in [1.82, 2.24) is 19.1 Å². The van der Waals surface area contributed by atoms with Crippen LogP contribution in [0.2, 0.25) is 0 Å². The summed E-state index contributed by atoms with van der Waals surface area (Å²) in [5, 5.41) is 0.382. The molecule has 0 bridgehead atoms. The number of methoxy groups -OCH3 is 1. The van der Waals surface area contributed by atoms with Gasteiger partial charge in [-0.25, -0.2) is 22.8 Å². The third-order valence-corrected chi connectivity index (χ3v) is 7.11. The topological polar surface area (TPSA) is 96.1 Å². The third kappa shape index (κ3) is 3.66. The standard InChI is InChI=1S/C22H21FN4O4S/c1-14-16(17-10-15(23)7-8-18(17)27(14)12-21(28)31-3)11-19-22(25-13-26(19)2)32(29,30)20-6-4-5-9-24-20/h4-10,13H,11-12H2,1-3H3. The average molecular weight is 456 g/mol. The fourth-order valence-corrected chi connectivity index (χ4v) is 5.14. The Kier molecular flexibility index (Phi) is 5.55. The number of fused-ring (bicyclic) bond motifs is 1. The maximum absolute atomic E-state index is 14.1. The molecule has 8 nitrogen and oxygen atoms in total. The number of imidazole rings is 1. The lowest BCUT2D eigenvalue weighted by Gasteiger charge is -2.09. The number of carbonyl (C=O) groups is 1. The van der Waals surface area contributed by atoms with Gasteiger partial charge in [0, 0.05) is 36.3 Å². The van der Waals surface area contributed by atoms with E-state index in [1.807, 2.05) is 0 Å². The van der Waals surface area contributed by atoms with Gasteiger partial charge in [0.2, 0.25) is 9.84 Å². The molecule has 0 spiro atoms. The zero-order valence-electron chi connectivity index (χ0n) is 17.7. The van der Waals surface area contributed by atoms with Gasteiger partial charge in [-0.2, -0.15) is 0 Å². The minimum Gasteiger partial charge on any atom is -0.468 e. The van der Waals surface area contributed by atoms with E-state index in [1.165, 1.54) is 37.8 Å². The fraction of sp³-hybridized carbons (Fsp3) is 0.227. The quantitative estimate of drug-likeness (QED) is 0.414. The fourth-order valence-electron chi connectivity index (χ4n) is 3.78. The van der Waals surface area contributed by atoms with Gasteiger partial charge in [0.15, 0.2) is 10.1 Å². The number of aryl methyl sites for hydroxylation is 1. The van der Waals surface area contributed by atoms with Gasteiger partial charge < -0.3 is 13.9 Å². The molecule has 0 aliphatic heterocycles. The highest BCUT2D eigenvalue weighted by Crippen LogP contribution is 2.31. The SMILES string of the molecule is COC(=O)Cn1c(C)c(Cc2c(S(=O)(=O)c3ccccn3)ncn2C)c2cc(F)ccc21. The molecule has 0 amide bonds. The highest BCUT2D eigenvalue weighted by molar-refractivity contribution is 7.91. The van der Waals surface area contributed by atoms with Crippen molar-refractivity contribution < 1.29 is 22.3 Å². The second-order valence-electron chi connectivity index (χ2n) is 7.34. The first-order valence-electron chi connectivity index (χ1n) is 9.74. The predicted octanol–water partition coefficient (Wildman–Crippen LogP) is 2.81. The number of hydrogen-bond donors (Lipinski definition) is 0. The Morgan fingerprint density at radius 1 is 1.19 bits per heavy atom. The molecule has 0 saturated heterocycles. The van der Waals surface area contributed by atoms with Crippen molar-refractivity contribution in [1.29, 1.82) is 0 Å². The molecule has 3 heterocycles. The van der Waals surface area contributed by atoms with Crippen LogP contribution in [-0.2, 0) is 39.4 Å². The van der Waals surface area contributed by atoms with Gasteiger partial charge in [-0.05, 0) is 42.8 Å². The summed E-state index contributed by atoms with van der Waals surface area (Å²) in [6, 6.07) is 8.94. The number of ether oxygens (including phenoxy) is 1. The Hall–Kier alpha value is -3.53. The molecule has 4 rings (SSSR count). The van der Waals surface area contributed by atoms with E-state index in [9.17, 15) is 17.6 Å². The van der Waals surface area contributed by atoms with Crippen LogP contribution in [0, 0.1) is 12.7 Å². The number of rotatable bonds is 6. The van der Waals surface area contributed by atoms with E-state index in [-0.39, 0.29) is 23.0 Å². The van der Waals surface area contributed by atoms with Crippen molar-refractivity contribution in [3.8, 4) is 0 Å². The van der Waals surface area contributed by atoms with E-state index in [2.05, 4.69) is 9.97 Å². The molecule has 0 fully saturated rings. The highest BCUT2D eigenvalue weighted by atomic mass is 32.2. The van der Waals surface area contributed by atoms with E-state index in [1.54, 1.807) is 41.3 Å². The monoisotopic (exact) mass is 456 g/mol. The Labute approximate surface area is 184 Å². The van der Waals surface area contributed by atoms with Crippen molar-refractivity contribution in [2.24, 2.45) is 7.05 Å². The molecular weight excluding hydrogens is 435 g/mol. The molecule has 0 aliphatic carbocycles. The predicted molar refractivity (Wildman–Crippen MR) is 114 cm³/mol. The van der Waals surface area contributed by atoms with Gasteiger partial charge in [-0.1, -0.05) is 6.07 Å². The van der Waals surface area contributed by atoms with Gasteiger partial charge in [0.25, 0.3) is 0 Å². The van der Waals surface area contributed by atoms with Crippen LogP contribution in [0.4, 0.5) is 4.39 Å². The Morgan fingerprint density at radius 3 is 2.66 bits per heavy atom. The summed E-state index contributed by atoms with van der Waals surface area (Å²) in [6.07, 6.45) is 3.00. The second-order valence-corrected chi connectivity index (χ2v) is 9.16. The number of esters is 1. The number of nitrogens with zero attached hydrogens (tertiary/aromatic N) is 4. The summed E-state index contributed by atoms with van der Waals surface area (Å²) in [4.78, 5) is 20.1. The minimum atomic E-state index is -3.96. The third-order valence-electron chi connectivity index (χ3n) is 5.46. The number of aromatic nitrogens is 4. The van der Waals surface area contributed by atoms with Crippen molar-refractivity contribution >= 4 is 26.7 Å². The number of pyridine rings is 1. The van der Waals surface area contributed by atoms with Gasteiger partial charge >= 0.3 is 5.97 Å². The number of hydrogen-bond acceptors (Lipinski definition) is 6. The minimum absolute atomic E-state index is 0.0467. The van der Waals surface area contributed by atoms with Crippen LogP contribution in [0.25, 0.3) is 10.9 Å². The lowest BCUT2D eigenvalue weighted by Crippen LogP contribution is -2.13. The molecule has 166 valence electrons. The van der Waals surface area contributed by atoms with Crippen LogP contribution in [0.15, 0.2) is 59.0 Å². The smallest absolute Gasteiger partial charge is 0.325 e. The van der Waals surface area contributed by atoms with Gasteiger partial charge in [0.1, 0.15) is 12.4 Å². The molecule has 3 aromatic heterocycles. The zero-order chi connectivity index (χ0) is 23.0. The molecule has 32 heavy (non-hydrogen) atoms. The number of sulfone groups is 1. The first-order valence-corrected chi connectivity index (χ1v) is 11.2. The molecule has 0 N–H and O–H groups in total. The van der Waals surface area contributed by atoms with Crippen molar-refractivity contribution in [2.75, 3.05) is 7.11 Å². The Balaban J connectivity index is 1.87. The van der Waals surface area contributed by atoms with Crippen molar-refractivity contribution in [2.45, 2.75) is 29.9 Å². The summed E-state index contributed by atoms with van der Waals surface area (Å²) in [5.41, 5.74) is 2.49. The molecule has 0 aliphatic rings. The van der Waals surface area contributed by atoms with Crippen molar-refractivity contribution in [3.63, 3.8) is 0 Å². The normalized spacial score (nSPS) is 11.8.